The lowest BCUT2D eigenvalue weighted by Gasteiger charge is -2.06. The fourth-order valence-corrected chi connectivity index (χ4v) is 2.51. The number of carbonyl (C=O) groups excluding carboxylic acids is 2. The lowest BCUT2D eigenvalue weighted by molar-refractivity contribution is -0.136. The first-order valence-corrected chi connectivity index (χ1v) is 8.46. The normalized spacial score (nSPS) is 10.7. The Morgan fingerprint density at radius 1 is 1.04 bits per heavy atom. The number of hydrogen-bond donors (Lipinski definition) is 2. The molecular weight excluding hydrogens is 366 g/mol. The summed E-state index contributed by atoms with van der Waals surface area (Å²) in [5, 5.41) is 6.88. The molecule has 0 bridgehead atoms. The highest BCUT2D eigenvalue weighted by Crippen LogP contribution is 2.24. The minimum atomic E-state index is -0.879. The van der Waals surface area contributed by atoms with E-state index in [4.69, 9.17) is 16.0 Å². The van der Waals surface area contributed by atoms with Gasteiger partial charge in [0.25, 0.3) is 0 Å². The van der Waals surface area contributed by atoms with Gasteiger partial charge >= 0.3 is 11.8 Å². The molecule has 0 saturated carbocycles. The Hall–Kier alpha value is -3.38. The van der Waals surface area contributed by atoms with Crippen LogP contribution in [0.5, 0.6) is 0 Å². The standard InChI is InChI=1S/C20H16ClN3O3/c1-13-5-2-3-8-17(13)23-19(25)20(26)24-22-12-16-9-10-18(27-16)14-6-4-7-15(21)11-14/h2-12H,1H3,(H,23,25)(H,24,26)/b22-12+. The predicted octanol–water partition coefficient (Wildman–Crippen LogP) is 4.00. The van der Waals surface area contributed by atoms with E-state index in [2.05, 4.69) is 15.8 Å². The van der Waals surface area contributed by atoms with Gasteiger partial charge in [-0.2, -0.15) is 5.10 Å². The molecule has 2 N–H and O–H groups in total. The fraction of sp³-hybridized carbons (Fsp3) is 0.0500. The Bertz CT molecular complexity index is 1010. The van der Waals surface area contributed by atoms with Gasteiger partial charge in [0.05, 0.1) is 6.21 Å². The average molecular weight is 382 g/mol. The number of benzene rings is 2. The fourth-order valence-electron chi connectivity index (χ4n) is 2.32. The first-order valence-electron chi connectivity index (χ1n) is 8.09. The Morgan fingerprint density at radius 3 is 2.63 bits per heavy atom. The van der Waals surface area contributed by atoms with Crippen LogP contribution in [0, 0.1) is 6.92 Å². The van der Waals surface area contributed by atoms with Gasteiger partial charge in [0.15, 0.2) is 0 Å². The molecule has 0 spiro atoms. The summed E-state index contributed by atoms with van der Waals surface area (Å²) >= 11 is 5.96. The number of nitrogens with zero attached hydrogens (tertiary/aromatic N) is 1. The van der Waals surface area contributed by atoms with E-state index >= 15 is 0 Å². The number of furan rings is 1. The molecule has 3 aromatic rings. The van der Waals surface area contributed by atoms with Crippen LogP contribution in [-0.2, 0) is 9.59 Å². The Labute approximate surface area is 160 Å². The van der Waals surface area contributed by atoms with Crippen LogP contribution in [0.1, 0.15) is 11.3 Å². The second-order valence-electron chi connectivity index (χ2n) is 5.68. The van der Waals surface area contributed by atoms with Crippen molar-refractivity contribution in [2.45, 2.75) is 6.92 Å². The number of carbonyl (C=O) groups is 2. The molecule has 3 rings (SSSR count). The number of nitrogens with one attached hydrogen (secondary N) is 2. The maximum absolute atomic E-state index is 11.9. The Balaban J connectivity index is 1.58. The smallest absolute Gasteiger partial charge is 0.329 e. The van der Waals surface area contributed by atoms with Crippen LogP contribution in [0.25, 0.3) is 11.3 Å². The molecule has 7 heteroatoms. The zero-order valence-electron chi connectivity index (χ0n) is 14.4. The number of aryl methyl sites for hydroxylation is 1. The number of anilines is 1. The maximum atomic E-state index is 11.9. The van der Waals surface area contributed by atoms with Gasteiger partial charge in [-0.05, 0) is 42.8 Å². The highest BCUT2D eigenvalue weighted by atomic mass is 35.5. The second kappa shape index (κ2) is 8.33. The molecule has 0 unspecified atom stereocenters. The van der Waals surface area contributed by atoms with Gasteiger partial charge in [0.1, 0.15) is 11.5 Å². The third-order valence-corrected chi connectivity index (χ3v) is 3.93. The number of hydrazone groups is 1. The summed E-state index contributed by atoms with van der Waals surface area (Å²) in [7, 11) is 0. The van der Waals surface area contributed by atoms with E-state index in [1.807, 2.05) is 31.2 Å². The number of halogens is 1. The van der Waals surface area contributed by atoms with Crippen molar-refractivity contribution < 1.29 is 14.0 Å². The van der Waals surface area contributed by atoms with E-state index in [0.717, 1.165) is 11.1 Å². The van der Waals surface area contributed by atoms with Crippen molar-refractivity contribution in [3.63, 3.8) is 0 Å². The summed E-state index contributed by atoms with van der Waals surface area (Å²) in [5.41, 5.74) is 4.41. The lowest BCUT2D eigenvalue weighted by atomic mass is 10.2. The highest BCUT2D eigenvalue weighted by Gasteiger charge is 2.13. The topological polar surface area (TPSA) is 83.7 Å². The summed E-state index contributed by atoms with van der Waals surface area (Å²) in [6, 6.07) is 17.9. The Kier molecular flexibility index (Phi) is 5.68. The molecule has 0 aliphatic rings. The molecule has 2 aromatic carbocycles. The second-order valence-corrected chi connectivity index (χ2v) is 6.12. The van der Waals surface area contributed by atoms with Crippen molar-refractivity contribution in [1.82, 2.24) is 5.43 Å². The van der Waals surface area contributed by atoms with E-state index in [1.54, 1.807) is 36.4 Å². The van der Waals surface area contributed by atoms with Crippen LogP contribution in [0.2, 0.25) is 5.02 Å². The van der Waals surface area contributed by atoms with E-state index in [9.17, 15) is 9.59 Å². The molecule has 0 aliphatic carbocycles. The monoisotopic (exact) mass is 381 g/mol. The van der Waals surface area contributed by atoms with Crippen molar-refractivity contribution in [2.75, 3.05) is 5.32 Å². The molecule has 0 aliphatic heterocycles. The Morgan fingerprint density at radius 2 is 1.85 bits per heavy atom. The zero-order chi connectivity index (χ0) is 19.2. The van der Waals surface area contributed by atoms with Crippen molar-refractivity contribution in [1.29, 1.82) is 0 Å². The first kappa shape index (κ1) is 18.4. The molecule has 6 nitrogen and oxygen atoms in total. The molecule has 136 valence electrons. The summed E-state index contributed by atoms with van der Waals surface area (Å²) in [4.78, 5) is 23.7. The SMILES string of the molecule is Cc1ccccc1NC(=O)C(=O)N/N=C/c1ccc(-c2cccc(Cl)c2)o1. The maximum Gasteiger partial charge on any atom is 0.329 e. The van der Waals surface area contributed by atoms with Crippen LogP contribution in [-0.4, -0.2) is 18.0 Å². The van der Waals surface area contributed by atoms with Gasteiger partial charge in [-0.15, -0.1) is 0 Å². The van der Waals surface area contributed by atoms with Crippen LogP contribution in [0.15, 0.2) is 70.2 Å². The number of para-hydroxylation sites is 1. The minimum Gasteiger partial charge on any atom is -0.455 e. The molecule has 0 atom stereocenters. The largest absolute Gasteiger partial charge is 0.455 e. The van der Waals surface area contributed by atoms with Gasteiger partial charge in [0.2, 0.25) is 0 Å². The van der Waals surface area contributed by atoms with Crippen LogP contribution >= 0.6 is 11.6 Å². The molecule has 1 heterocycles. The highest BCUT2D eigenvalue weighted by molar-refractivity contribution is 6.39. The zero-order valence-corrected chi connectivity index (χ0v) is 15.2. The summed E-state index contributed by atoms with van der Waals surface area (Å²) in [6.07, 6.45) is 1.31. The lowest BCUT2D eigenvalue weighted by Crippen LogP contribution is -2.32. The third-order valence-electron chi connectivity index (χ3n) is 3.69. The van der Waals surface area contributed by atoms with E-state index in [-0.39, 0.29) is 0 Å². The summed E-state index contributed by atoms with van der Waals surface area (Å²) < 4.78 is 5.62. The van der Waals surface area contributed by atoms with Crippen molar-refractivity contribution >= 4 is 35.3 Å². The van der Waals surface area contributed by atoms with E-state index < -0.39 is 11.8 Å². The van der Waals surface area contributed by atoms with Gasteiger partial charge in [0, 0.05) is 16.3 Å². The van der Waals surface area contributed by atoms with E-state index in [1.165, 1.54) is 6.21 Å². The molecule has 2 amide bonds. The quantitative estimate of drug-likeness (QED) is 0.407. The van der Waals surface area contributed by atoms with Gasteiger partial charge in [-0.1, -0.05) is 41.9 Å². The average Bonchev–Trinajstić information content (AvgIpc) is 3.12. The molecule has 0 fully saturated rings. The van der Waals surface area contributed by atoms with Crippen LogP contribution in [0.4, 0.5) is 5.69 Å². The van der Waals surface area contributed by atoms with Crippen molar-refractivity contribution in [3.05, 3.63) is 77.0 Å². The van der Waals surface area contributed by atoms with Crippen LogP contribution < -0.4 is 10.7 Å². The minimum absolute atomic E-state index is 0.421. The third kappa shape index (κ3) is 4.83. The van der Waals surface area contributed by atoms with Gasteiger partial charge in [-0.3, -0.25) is 9.59 Å². The van der Waals surface area contributed by atoms with Gasteiger partial charge < -0.3 is 9.73 Å². The summed E-state index contributed by atoms with van der Waals surface area (Å²) in [6.45, 7) is 1.83. The number of hydrogen-bond acceptors (Lipinski definition) is 4. The molecule has 0 saturated heterocycles. The van der Waals surface area contributed by atoms with Gasteiger partial charge in [-0.25, -0.2) is 5.43 Å². The first-order chi connectivity index (χ1) is 13.0. The number of amides is 2. The molecule has 27 heavy (non-hydrogen) atoms. The van der Waals surface area contributed by atoms with Crippen molar-refractivity contribution in [2.24, 2.45) is 5.10 Å². The molecule has 0 radical (unpaired) electrons. The molecular formula is C20H16ClN3O3. The molecule has 1 aromatic heterocycles. The number of rotatable bonds is 4. The van der Waals surface area contributed by atoms with Crippen LogP contribution in [0.3, 0.4) is 0 Å². The van der Waals surface area contributed by atoms with E-state index in [0.29, 0.717) is 22.2 Å². The van der Waals surface area contributed by atoms with Crippen molar-refractivity contribution in [3.8, 4) is 11.3 Å². The summed E-state index contributed by atoms with van der Waals surface area (Å²) in [5.74, 6) is -0.649. The predicted molar refractivity (Wildman–Crippen MR) is 105 cm³/mol.